The predicted molar refractivity (Wildman–Crippen MR) is 264 cm³/mol. The Morgan fingerprint density at radius 1 is 0.395 bits per heavy atom. The van der Waals surface area contributed by atoms with Gasteiger partial charge in [0.1, 0.15) is 54.4 Å². The third-order valence-electron chi connectivity index (χ3n) is 10.8. The Balaban J connectivity index is 6.32. The van der Waals surface area contributed by atoms with Crippen molar-refractivity contribution < 1.29 is 87.5 Å². The monoisotopic (exact) mass is 1090 g/mol. The van der Waals surface area contributed by atoms with Gasteiger partial charge in [0.25, 0.3) is 0 Å². The van der Waals surface area contributed by atoms with Gasteiger partial charge in [-0.15, -0.1) is 0 Å². The van der Waals surface area contributed by atoms with Crippen molar-refractivity contribution in [1.29, 1.82) is 0 Å². The number of carbonyl (C=O) groups excluding carboxylic acids is 10. The van der Waals surface area contributed by atoms with Crippen LogP contribution in [0.4, 0.5) is 0 Å². The number of carboxylic acids is 4. The molecule has 10 amide bonds. The summed E-state index contributed by atoms with van der Waals surface area (Å²) in [6.07, 6.45) is -4.15. The van der Waals surface area contributed by atoms with E-state index in [0.29, 0.717) is 0 Å². The van der Waals surface area contributed by atoms with Gasteiger partial charge < -0.3 is 91.2 Å². The fourth-order valence-corrected chi connectivity index (χ4v) is 6.47. The van der Waals surface area contributed by atoms with Gasteiger partial charge in [0.2, 0.25) is 59.1 Å². The summed E-state index contributed by atoms with van der Waals surface area (Å²) in [5, 5.41) is 57.7. The molecule has 0 aromatic heterocycles. The SMILES string of the molecule is CC(C)CC(NC(=O)C(CCCN=C(N)N)NC(=O)C(C)NC(=O)C(C)NC(=O)C(CCC(=O)O)NC(=O)C(CCC(=O)O)NC(=O)C(C)NC(=O)C(N)CCC(=O)O)C(=O)NC(CCC(N)=O)C(=O)NC(C)C(=O)O. The number of nitrogens with zero attached hydrogens (tertiary/aromatic N) is 1. The van der Waals surface area contributed by atoms with Crippen LogP contribution in [-0.2, 0) is 67.1 Å². The number of amides is 10. The third kappa shape index (κ3) is 28.3. The van der Waals surface area contributed by atoms with Crippen molar-refractivity contribution in [2.75, 3.05) is 6.54 Å². The van der Waals surface area contributed by atoms with Gasteiger partial charge in [-0.1, -0.05) is 13.8 Å². The maximum absolute atomic E-state index is 13.9. The van der Waals surface area contributed by atoms with Crippen molar-refractivity contribution in [3.63, 3.8) is 0 Å². The molecule has 0 heterocycles. The number of nitrogens with one attached hydrogen (secondary N) is 9. The molecule has 10 unspecified atom stereocenters. The first-order valence-electron chi connectivity index (χ1n) is 24.0. The summed E-state index contributed by atoms with van der Waals surface area (Å²) < 4.78 is 0. The predicted octanol–water partition coefficient (Wildman–Crippen LogP) is -6.20. The van der Waals surface area contributed by atoms with Gasteiger partial charge in [-0.3, -0.25) is 72.1 Å². The smallest absolute Gasteiger partial charge is 0.325 e. The summed E-state index contributed by atoms with van der Waals surface area (Å²) in [4.78, 5) is 180. The van der Waals surface area contributed by atoms with Crippen LogP contribution in [0.5, 0.6) is 0 Å². The average molecular weight is 1090 g/mol. The highest BCUT2D eigenvalue weighted by atomic mass is 16.4. The molecular formula is C44H74N14O18. The highest BCUT2D eigenvalue weighted by Crippen LogP contribution is 2.10. The lowest BCUT2D eigenvalue weighted by molar-refractivity contribution is -0.142. The zero-order chi connectivity index (χ0) is 58.6. The number of primary amides is 1. The van der Waals surface area contributed by atoms with Crippen LogP contribution in [0, 0.1) is 5.92 Å². The fraction of sp³-hybridized carbons (Fsp3) is 0.659. The molecule has 21 N–H and O–H groups in total. The lowest BCUT2D eigenvalue weighted by Crippen LogP contribution is -2.60. The van der Waals surface area contributed by atoms with E-state index < -0.39 is 175 Å². The molecule has 0 aliphatic heterocycles. The summed E-state index contributed by atoms with van der Waals surface area (Å²) in [6.45, 7) is 8.09. The van der Waals surface area contributed by atoms with Gasteiger partial charge in [0.15, 0.2) is 5.96 Å². The molecule has 0 saturated carbocycles. The van der Waals surface area contributed by atoms with Crippen LogP contribution < -0.4 is 70.8 Å². The van der Waals surface area contributed by atoms with E-state index >= 15 is 0 Å². The summed E-state index contributed by atoms with van der Waals surface area (Å²) in [6, 6.07) is -14.8. The van der Waals surface area contributed by atoms with Crippen LogP contribution in [0.15, 0.2) is 4.99 Å². The molecule has 0 bridgehead atoms. The maximum Gasteiger partial charge on any atom is 0.325 e. The zero-order valence-corrected chi connectivity index (χ0v) is 43.1. The van der Waals surface area contributed by atoms with Crippen molar-refractivity contribution in [1.82, 2.24) is 47.9 Å². The molecule has 0 aliphatic carbocycles. The Hall–Kier alpha value is -8.19. The lowest BCUT2D eigenvalue weighted by Gasteiger charge is -2.27. The number of carboxylic acid groups (broad SMARTS) is 4. The lowest BCUT2D eigenvalue weighted by atomic mass is 10.0. The second kappa shape index (κ2) is 34.3. The molecule has 32 nitrogen and oxygen atoms in total. The standard InChI is InChI=1S/C44H74N14O18/c1-19(2)18-29(42(74)57-26(10-13-30(46)59)39(71)53-23(6)43(75)76)58-40(72)25(8-7-17-49-44(47)48)54-35(67)21(4)50-34(66)20(3)52-38(70)27(11-15-32(62)63)56-41(73)28(12-16-33(64)65)55-36(68)22(5)51-37(69)24(45)9-14-31(60)61/h19-29H,7-18,45H2,1-6H3,(H2,46,59)(H,50,66)(H,51,69)(H,52,70)(H,53,71)(H,54,67)(H,55,68)(H,56,73)(H,57,74)(H,58,72)(H,60,61)(H,62,63)(H,64,65)(H,75,76)(H4,47,48,49). The molecule has 0 rings (SSSR count). The van der Waals surface area contributed by atoms with Gasteiger partial charge in [0.05, 0.1) is 6.04 Å². The van der Waals surface area contributed by atoms with Crippen molar-refractivity contribution in [3.8, 4) is 0 Å². The molecule has 0 fully saturated rings. The second-order valence-electron chi connectivity index (χ2n) is 18.1. The fourth-order valence-electron chi connectivity index (χ4n) is 6.47. The zero-order valence-electron chi connectivity index (χ0n) is 43.1. The maximum atomic E-state index is 13.9. The number of nitrogens with two attached hydrogens (primary N) is 4. The Morgan fingerprint density at radius 2 is 0.711 bits per heavy atom. The average Bonchev–Trinajstić information content (AvgIpc) is 3.31. The molecule has 0 aromatic rings. The molecule has 0 aromatic carbocycles. The topological polar surface area (TPSA) is 545 Å². The summed E-state index contributed by atoms with van der Waals surface area (Å²) >= 11 is 0. The number of hydrogen-bond donors (Lipinski definition) is 17. The summed E-state index contributed by atoms with van der Waals surface area (Å²) in [5.41, 5.74) is 21.7. The number of carbonyl (C=O) groups is 14. The Bertz CT molecular complexity index is 2140. The third-order valence-corrected chi connectivity index (χ3v) is 10.8. The number of guanidine groups is 1. The van der Waals surface area contributed by atoms with Crippen molar-refractivity contribution in [3.05, 3.63) is 0 Å². The van der Waals surface area contributed by atoms with E-state index in [1.165, 1.54) is 13.8 Å². The van der Waals surface area contributed by atoms with E-state index in [9.17, 15) is 82.4 Å². The van der Waals surface area contributed by atoms with Crippen LogP contribution in [-0.4, -0.2) is 176 Å². The molecule has 10 atom stereocenters. The van der Waals surface area contributed by atoms with E-state index in [4.69, 9.17) is 28.0 Å². The van der Waals surface area contributed by atoms with Crippen molar-refractivity contribution in [2.24, 2.45) is 33.8 Å². The van der Waals surface area contributed by atoms with Gasteiger partial charge in [0, 0.05) is 32.2 Å². The first-order valence-corrected chi connectivity index (χ1v) is 24.0. The van der Waals surface area contributed by atoms with Gasteiger partial charge in [-0.2, -0.15) is 0 Å². The molecular weight excluding hydrogens is 1010 g/mol. The molecule has 76 heavy (non-hydrogen) atoms. The van der Waals surface area contributed by atoms with E-state index in [1.807, 2.05) is 0 Å². The van der Waals surface area contributed by atoms with Crippen LogP contribution in [0.25, 0.3) is 0 Å². The summed E-state index contributed by atoms with van der Waals surface area (Å²) in [5.74, 6) is -15.9. The van der Waals surface area contributed by atoms with Gasteiger partial charge in [-0.05, 0) is 78.6 Å². The highest BCUT2D eigenvalue weighted by Gasteiger charge is 2.34. The molecule has 0 aliphatic rings. The van der Waals surface area contributed by atoms with Crippen LogP contribution in [0.1, 0.15) is 112 Å². The van der Waals surface area contributed by atoms with Crippen LogP contribution >= 0.6 is 0 Å². The van der Waals surface area contributed by atoms with Gasteiger partial charge >= 0.3 is 23.9 Å². The van der Waals surface area contributed by atoms with E-state index in [1.54, 1.807) is 13.8 Å². The normalized spacial score (nSPS) is 14.8. The Morgan fingerprint density at radius 3 is 1.11 bits per heavy atom. The Kier molecular flexibility index (Phi) is 30.6. The minimum absolute atomic E-state index is 0.0222. The first-order chi connectivity index (χ1) is 35.2. The van der Waals surface area contributed by atoms with Gasteiger partial charge in [-0.25, -0.2) is 0 Å². The van der Waals surface area contributed by atoms with Crippen LogP contribution in [0.2, 0.25) is 0 Å². The number of hydrogen-bond acceptors (Lipinski definition) is 16. The van der Waals surface area contributed by atoms with E-state index in [2.05, 4.69) is 52.8 Å². The molecule has 32 heteroatoms. The minimum atomic E-state index is -1.73. The number of aliphatic imine (C=N–C) groups is 1. The molecule has 428 valence electrons. The Labute approximate surface area is 436 Å². The largest absolute Gasteiger partial charge is 0.481 e. The van der Waals surface area contributed by atoms with E-state index in [0.717, 1.165) is 13.8 Å². The summed E-state index contributed by atoms with van der Waals surface area (Å²) in [7, 11) is 0. The quantitative estimate of drug-likeness (QED) is 0.0156. The molecule has 0 spiro atoms. The highest BCUT2D eigenvalue weighted by molar-refractivity contribution is 5.98. The van der Waals surface area contributed by atoms with E-state index in [-0.39, 0.29) is 56.9 Å². The molecule has 0 radical (unpaired) electrons. The van der Waals surface area contributed by atoms with Crippen molar-refractivity contribution >= 4 is 88.9 Å². The van der Waals surface area contributed by atoms with Crippen molar-refractivity contribution in [2.45, 2.75) is 173 Å². The number of rotatable bonds is 37. The minimum Gasteiger partial charge on any atom is -0.481 e. The second-order valence-corrected chi connectivity index (χ2v) is 18.1. The molecule has 0 saturated heterocycles. The number of aliphatic carboxylic acids is 4. The first kappa shape index (κ1) is 67.8. The van der Waals surface area contributed by atoms with Crippen LogP contribution in [0.3, 0.4) is 0 Å².